The van der Waals surface area contributed by atoms with Gasteiger partial charge in [-0.15, -0.1) is 11.3 Å². The summed E-state index contributed by atoms with van der Waals surface area (Å²) in [4.78, 5) is 17.3. The van der Waals surface area contributed by atoms with E-state index in [0.717, 1.165) is 10.5 Å². The third kappa shape index (κ3) is 3.43. The van der Waals surface area contributed by atoms with Crippen molar-refractivity contribution in [2.75, 3.05) is 0 Å². The summed E-state index contributed by atoms with van der Waals surface area (Å²) < 4.78 is 20.0. The van der Waals surface area contributed by atoms with Crippen LogP contribution in [0.4, 0.5) is 4.39 Å². The van der Waals surface area contributed by atoms with Crippen LogP contribution in [0, 0.1) is 5.82 Å². The first-order valence-corrected chi connectivity index (χ1v) is 8.45. The fraction of sp³-hybridized carbons (Fsp3) is 0.118. The standard InChI is InChI=1S/C17H13FN4O2S/c18-12-3-1-11(2-4-12)15-8-14(24-21-15)9-19-16(23)7-13-10-22-5-6-25-17(22)20-13/h1-6,8,10H,7,9H2,(H,19,23). The molecule has 0 aliphatic heterocycles. The predicted octanol–water partition coefficient (Wildman–Crippen LogP) is 3.05. The molecule has 0 atom stereocenters. The predicted molar refractivity (Wildman–Crippen MR) is 90.5 cm³/mol. The molecule has 0 unspecified atom stereocenters. The molecule has 0 saturated carbocycles. The van der Waals surface area contributed by atoms with Crippen molar-refractivity contribution in [3.8, 4) is 11.3 Å². The summed E-state index contributed by atoms with van der Waals surface area (Å²) in [5.41, 5.74) is 2.06. The Morgan fingerprint density at radius 1 is 1.32 bits per heavy atom. The van der Waals surface area contributed by atoms with Crippen LogP contribution in [0.5, 0.6) is 0 Å². The number of carbonyl (C=O) groups is 1. The molecule has 4 rings (SSSR count). The molecule has 0 spiro atoms. The van der Waals surface area contributed by atoms with E-state index in [2.05, 4.69) is 15.5 Å². The number of rotatable bonds is 5. The zero-order chi connectivity index (χ0) is 17.2. The number of aromatic nitrogens is 3. The number of halogens is 1. The summed E-state index contributed by atoms with van der Waals surface area (Å²) in [6, 6.07) is 7.70. The topological polar surface area (TPSA) is 72.4 Å². The number of amides is 1. The van der Waals surface area contributed by atoms with E-state index in [1.54, 1.807) is 18.2 Å². The Labute approximate surface area is 145 Å². The highest BCUT2D eigenvalue weighted by Gasteiger charge is 2.11. The molecule has 3 heterocycles. The minimum Gasteiger partial charge on any atom is -0.359 e. The lowest BCUT2D eigenvalue weighted by Gasteiger charge is -2.00. The second-order valence-corrected chi connectivity index (χ2v) is 6.34. The molecule has 8 heteroatoms. The van der Waals surface area contributed by atoms with Crippen molar-refractivity contribution in [3.05, 3.63) is 65.4 Å². The highest BCUT2D eigenvalue weighted by molar-refractivity contribution is 7.15. The van der Waals surface area contributed by atoms with E-state index in [-0.39, 0.29) is 24.7 Å². The Morgan fingerprint density at radius 3 is 2.96 bits per heavy atom. The molecule has 1 amide bonds. The second kappa shape index (κ2) is 6.48. The number of hydrogen-bond donors (Lipinski definition) is 1. The molecular formula is C17H13FN4O2S. The van der Waals surface area contributed by atoms with E-state index >= 15 is 0 Å². The number of carbonyl (C=O) groups excluding carboxylic acids is 1. The molecule has 0 bridgehead atoms. The first-order chi connectivity index (χ1) is 12.2. The van der Waals surface area contributed by atoms with Gasteiger partial charge in [0.25, 0.3) is 0 Å². The van der Waals surface area contributed by atoms with Crippen LogP contribution in [0.15, 0.2) is 52.6 Å². The minimum absolute atomic E-state index is 0.148. The molecule has 3 aromatic heterocycles. The maximum atomic E-state index is 12.9. The molecule has 0 aliphatic carbocycles. The van der Waals surface area contributed by atoms with Gasteiger partial charge in [0.1, 0.15) is 11.5 Å². The van der Waals surface area contributed by atoms with Crippen LogP contribution in [0.25, 0.3) is 16.2 Å². The summed E-state index contributed by atoms with van der Waals surface area (Å²) in [6.07, 6.45) is 3.94. The van der Waals surface area contributed by atoms with Crippen LogP contribution in [-0.2, 0) is 17.8 Å². The molecule has 25 heavy (non-hydrogen) atoms. The molecule has 0 aliphatic rings. The Bertz CT molecular complexity index is 990. The van der Waals surface area contributed by atoms with Crippen LogP contribution in [0.1, 0.15) is 11.5 Å². The smallest absolute Gasteiger partial charge is 0.226 e. The van der Waals surface area contributed by atoms with Gasteiger partial charge in [-0.2, -0.15) is 0 Å². The monoisotopic (exact) mass is 356 g/mol. The van der Waals surface area contributed by atoms with Crippen LogP contribution >= 0.6 is 11.3 Å². The zero-order valence-corrected chi connectivity index (χ0v) is 13.8. The molecule has 1 N–H and O–H groups in total. The van der Waals surface area contributed by atoms with Crippen molar-refractivity contribution >= 4 is 22.2 Å². The van der Waals surface area contributed by atoms with E-state index in [0.29, 0.717) is 17.1 Å². The van der Waals surface area contributed by atoms with E-state index in [1.165, 1.54) is 23.5 Å². The van der Waals surface area contributed by atoms with Gasteiger partial charge in [-0.1, -0.05) is 5.16 Å². The van der Waals surface area contributed by atoms with Crippen molar-refractivity contribution < 1.29 is 13.7 Å². The Morgan fingerprint density at radius 2 is 2.16 bits per heavy atom. The maximum Gasteiger partial charge on any atom is 0.226 e. The lowest BCUT2D eigenvalue weighted by Crippen LogP contribution is -2.24. The average Bonchev–Trinajstić information content (AvgIpc) is 3.29. The summed E-state index contributed by atoms with van der Waals surface area (Å²) in [5.74, 6) is 0.0721. The largest absolute Gasteiger partial charge is 0.359 e. The van der Waals surface area contributed by atoms with Crippen LogP contribution in [0.2, 0.25) is 0 Å². The number of nitrogens with zero attached hydrogens (tertiary/aromatic N) is 3. The van der Waals surface area contributed by atoms with Crippen LogP contribution < -0.4 is 5.32 Å². The van der Waals surface area contributed by atoms with Crippen molar-refractivity contribution in [2.45, 2.75) is 13.0 Å². The Hall–Kier alpha value is -3.00. The SMILES string of the molecule is O=C(Cc1cn2ccsc2n1)NCc1cc(-c2ccc(F)cc2)no1. The summed E-state index contributed by atoms with van der Waals surface area (Å²) in [5, 5.41) is 8.66. The molecule has 4 aromatic rings. The van der Waals surface area contributed by atoms with Crippen molar-refractivity contribution in [1.29, 1.82) is 0 Å². The number of thiazole rings is 1. The number of imidazole rings is 1. The lowest BCUT2D eigenvalue weighted by molar-refractivity contribution is -0.120. The number of hydrogen-bond acceptors (Lipinski definition) is 5. The Balaban J connectivity index is 1.35. The summed E-state index contributed by atoms with van der Waals surface area (Å²) >= 11 is 1.52. The van der Waals surface area contributed by atoms with Gasteiger partial charge >= 0.3 is 0 Å². The van der Waals surface area contributed by atoms with Gasteiger partial charge in [-0.3, -0.25) is 9.20 Å². The van der Waals surface area contributed by atoms with Crippen LogP contribution in [-0.4, -0.2) is 20.4 Å². The summed E-state index contributed by atoms with van der Waals surface area (Å²) in [6.45, 7) is 0.231. The van der Waals surface area contributed by atoms with Gasteiger partial charge in [0.05, 0.1) is 18.7 Å². The van der Waals surface area contributed by atoms with Gasteiger partial charge in [-0.05, 0) is 24.3 Å². The molecular weight excluding hydrogens is 343 g/mol. The lowest BCUT2D eigenvalue weighted by atomic mass is 10.1. The second-order valence-electron chi connectivity index (χ2n) is 5.46. The molecule has 0 fully saturated rings. The fourth-order valence-corrected chi connectivity index (χ4v) is 3.15. The Kier molecular flexibility index (Phi) is 4.02. The van der Waals surface area contributed by atoms with Gasteiger partial charge in [0.2, 0.25) is 5.91 Å². The van der Waals surface area contributed by atoms with Gasteiger partial charge in [0, 0.05) is 29.4 Å². The third-order valence-electron chi connectivity index (χ3n) is 3.64. The first kappa shape index (κ1) is 15.5. The minimum atomic E-state index is -0.307. The summed E-state index contributed by atoms with van der Waals surface area (Å²) in [7, 11) is 0. The van der Waals surface area contributed by atoms with Crippen LogP contribution in [0.3, 0.4) is 0 Å². The molecule has 0 radical (unpaired) electrons. The van der Waals surface area contributed by atoms with E-state index in [4.69, 9.17) is 4.52 Å². The average molecular weight is 356 g/mol. The van der Waals surface area contributed by atoms with Gasteiger partial charge in [0.15, 0.2) is 10.7 Å². The number of nitrogens with one attached hydrogen (secondary N) is 1. The molecule has 126 valence electrons. The normalized spacial score (nSPS) is 11.1. The zero-order valence-electron chi connectivity index (χ0n) is 13.0. The fourth-order valence-electron chi connectivity index (χ4n) is 2.43. The third-order valence-corrected chi connectivity index (χ3v) is 4.41. The van der Waals surface area contributed by atoms with Gasteiger partial charge < -0.3 is 9.84 Å². The van der Waals surface area contributed by atoms with E-state index in [1.807, 2.05) is 22.2 Å². The molecule has 0 saturated heterocycles. The van der Waals surface area contributed by atoms with Crippen molar-refractivity contribution in [1.82, 2.24) is 19.9 Å². The first-order valence-electron chi connectivity index (χ1n) is 7.57. The number of benzene rings is 1. The van der Waals surface area contributed by atoms with Crippen molar-refractivity contribution in [3.63, 3.8) is 0 Å². The van der Waals surface area contributed by atoms with E-state index in [9.17, 15) is 9.18 Å². The number of fused-ring (bicyclic) bond motifs is 1. The molecule has 6 nitrogen and oxygen atoms in total. The highest BCUT2D eigenvalue weighted by Crippen LogP contribution is 2.19. The van der Waals surface area contributed by atoms with Crippen molar-refractivity contribution in [2.24, 2.45) is 0 Å². The van der Waals surface area contributed by atoms with Gasteiger partial charge in [-0.25, -0.2) is 9.37 Å². The highest BCUT2D eigenvalue weighted by atomic mass is 32.1. The molecule has 1 aromatic carbocycles. The quantitative estimate of drug-likeness (QED) is 0.597. The van der Waals surface area contributed by atoms with E-state index < -0.39 is 0 Å². The maximum absolute atomic E-state index is 12.9.